The van der Waals surface area contributed by atoms with Crippen LogP contribution >= 0.6 is 0 Å². The molecule has 6 heteroatoms. The molecule has 3 atom stereocenters. The predicted molar refractivity (Wildman–Crippen MR) is 117 cm³/mol. The minimum atomic E-state index is -0.697. The summed E-state index contributed by atoms with van der Waals surface area (Å²) in [6, 6.07) is 9.04. The first-order valence-corrected chi connectivity index (χ1v) is 11.5. The maximum absolute atomic E-state index is 12.2. The Hall–Kier alpha value is -1.40. The third-order valence-electron chi connectivity index (χ3n) is 4.91. The van der Waals surface area contributed by atoms with E-state index in [0.29, 0.717) is 17.8 Å². The van der Waals surface area contributed by atoms with Crippen molar-refractivity contribution in [1.82, 2.24) is 15.5 Å². The summed E-state index contributed by atoms with van der Waals surface area (Å²) in [7, 11) is 3.47. The largest absolute Gasteiger partial charge is 0.357 e. The highest BCUT2D eigenvalue weighted by molar-refractivity contribution is 7.85. The van der Waals surface area contributed by atoms with Gasteiger partial charge in [-0.3, -0.25) is 4.21 Å². The summed E-state index contributed by atoms with van der Waals surface area (Å²) in [5, 5.41) is 7.25. The summed E-state index contributed by atoms with van der Waals surface area (Å²) in [6.45, 7) is 6.56. The Bertz CT molecular complexity index is 615. The number of nitrogens with zero attached hydrogens (tertiary/aromatic N) is 2. The smallest absolute Gasteiger partial charge is 0.191 e. The van der Waals surface area contributed by atoms with E-state index in [1.54, 1.807) is 0 Å². The molecule has 3 unspecified atom stereocenters. The summed E-state index contributed by atoms with van der Waals surface area (Å²) in [6.07, 6.45) is 4.33. The van der Waals surface area contributed by atoms with Crippen LogP contribution in [0.15, 0.2) is 29.3 Å². The van der Waals surface area contributed by atoms with Crippen molar-refractivity contribution >= 4 is 16.8 Å². The Morgan fingerprint density at radius 2 is 1.89 bits per heavy atom. The van der Waals surface area contributed by atoms with Crippen LogP contribution in [0.1, 0.15) is 50.7 Å². The Morgan fingerprint density at radius 1 is 1.19 bits per heavy atom. The average Bonchev–Trinajstić information content (AvgIpc) is 2.66. The molecule has 1 aliphatic rings. The fourth-order valence-corrected chi connectivity index (χ4v) is 4.90. The normalized spacial score (nSPS) is 21.9. The standard InChI is InChI=1S/C21H36N4OS/c1-5-22-21(24-19-8-7-9-20(14-19)27(26)6-2)23-15-17-10-12-18(13-11-17)16-25(3)4/h10-13,19-20H,5-9,14-16H2,1-4H3,(H2,22,23,24). The molecule has 0 aromatic heterocycles. The molecule has 2 rings (SSSR count). The van der Waals surface area contributed by atoms with Crippen molar-refractivity contribution < 1.29 is 4.21 Å². The van der Waals surface area contributed by atoms with Gasteiger partial charge in [-0.25, -0.2) is 4.99 Å². The summed E-state index contributed by atoms with van der Waals surface area (Å²) in [5.41, 5.74) is 2.53. The number of rotatable bonds is 8. The van der Waals surface area contributed by atoms with Crippen molar-refractivity contribution in [3.63, 3.8) is 0 Å². The van der Waals surface area contributed by atoms with Gasteiger partial charge in [0, 0.05) is 40.9 Å². The van der Waals surface area contributed by atoms with Crippen LogP contribution in [0.3, 0.4) is 0 Å². The maximum atomic E-state index is 12.2. The molecule has 0 radical (unpaired) electrons. The van der Waals surface area contributed by atoms with Crippen LogP contribution in [-0.4, -0.2) is 52.8 Å². The van der Waals surface area contributed by atoms with E-state index in [-0.39, 0.29) is 0 Å². The van der Waals surface area contributed by atoms with Crippen LogP contribution in [0.25, 0.3) is 0 Å². The van der Waals surface area contributed by atoms with Crippen LogP contribution in [0.4, 0.5) is 0 Å². The number of hydrogen-bond acceptors (Lipinski definition) is 3. The van der Waals surface area contributed by atoms with Gasteiger partial charge in [0.05, 0.1) is 6.54 Å². The number of benzene rings is 1. The Labute approximate surface area is 167 Å². The van der Waals surface area contributed by atoms with E-state index in [9.17, 15) is 4.21 Å². The van der Waals surface area contributed by atoms with E-state index in [2.05, 4.69) is 60.8 Å². The Balaban J connectivity index is 1.94. The number of nitrogens with one attached hydrogen (secondary N) is 2. The Morgan fingerprint density at radius 3 is 2.52 bits per heavy atom. The lowest BCUT2D eigenvalue weighted by atomic mass is 9.95. The molecule has 0 saturated heterocycles. The van der Waals surface area contributed by atoms with Gasteiger partial charge in [0.1, 0.15) is 0 Å². The molecule has 0 amide bonds. The van der Waals surface area contributed by atoms with Gasteiger partial charge in [-0.1, -0.05) is 37.6 Å². The SMILES string of the molecule is CCNC(=NCc1ccc(CN(C)C)cc1)NC1CCCC(S(=O)CC)C1. The van der Waals surface area contributed by atoms with Gasteiger partial charge < -0.3 is 15.5 Å². The quantitative estimate of drug-likeness (QED) is 0.528. The van der Waals surface area contributed by atoms with Crippen molar-refractivity contribution in [2.45, 2.75) is 63.9 Å². The molecule has 0 aliphatic heterocycles. The minimum absolute atomic E-state index is 0.327. The zero-order chi connectivity index (χ0) is 19.6. The van der Waals surface area contributed by atoms with E-state index < -0.39 is 10.8 Å². The summed E-state index contributed by atoms with van der Waals surface area (Å²) >= 11 is 0. The van der Waals surface area contributed by atoms with Crippen molar-refractivity contribution in [2.24, 2.45) is 4.99 Å². The first-order chi connectivity index (χ1) is 13.0. The zero-order valence-corrected chi connectivity index (χ0v) is 18.1. The van der Waals surface area contributed by atoms with Crippen molar-refractivity contribution in [2.75, 3.05) is 26.4 Å². The van der Waals surface area contributed by atoms with E-state index in [4.69, 9.17) is 4.99 Å². The summed E-state index contributed by atoms with van der Waals surface area (Å²) in [4.78, 5) is 6.94. The fourth-order valence-electron chi connectivity index (χ4n) is 3.55. The maximum Gasteiger partial charge on any atom is 0.191 e. The van der Waals surface area contributed by atoms with E-state index >= 15 is 0 Å². The van der Waals surface area contributed by atoms with E-state index in [1.165, 1.54) is 11.1 Å². The Kier molecular flexibility index (Phi) is 9.28. The van der Waals surface area contributed by atoms with Crippen LogP contribution in [-0.2, 0) is 23.9 Å². The van der Waals surface area contributed by atoms with E-state index in [0.717, 1.165) is 50.5 Å². The van der Waals surface area contributed by atoms with Gasteiger partial charge in [0.2, 0.25) is 0 Å². The first kappa shape index (κ1) is 21.9. The molecular formula is C21H36N4OS. The molecule has 0 heterocycles. The van der Waals surface area contributed by atoms with Gasteiger partial charge in [0.25, 0.3) is 0 Å². The predicted octanol–water partition coefficient (Wildman–Crippen LogP) is 2.88. The van der Waals surface area contributed by atoms with Crippen LogP contribution in [0.5, 0.6) is 0 Å². The second kappa shape index (κ2) is 11.4. The van der Waals surface area contributed by atoms with E-state index in [1.807, 2.05) is 6.92 Å². The molecule has 1 fully saturated rings. The van der Waals surface area contributed by atoms with Crippen LogP contribution < -0.4 is 10.6 Å². The lowest BCUT2D eigenvalue weighted by Gasteiger charge is -2.30. The molecule has 0 bridgehead atoms. The number of hydrogen-bond donors (Lipinski definition) is 2. The molecule has 1 aromatic carbocycles. The molecule has 1 saturated carbocycles. The minimum Gasteiger partial charge on any atom is -0.357 e. The average molecular weight is 393 g/mol. The molecular weight excluding hydrogens is 356 g/mol. The highest BCUT2D eigenvalue weighted by atomic mass is 32.2. The summed E-state index contributed by atoms with van der Waals surface area (Å²) in [5.74, 6) is 1.62. The van der Waals surface area contributed by atoms with Gasteiger partial charge in [-0.05, 0) is 51.4 Å². The highest BCUT2D eigenvalue weighted by Crippen LogP contribution is 2.23. The third kappa shape index (κ3) is 7.62. The molecule has 27 heavy (non-hydrogen) atoms. The van der Waals surface area contributed by atoms with Gasteiger partial charge in [-0.2, -0.15) is 0 Å². The number of guanidine groups is 1. The lowest BCUT2D eigenvalue weighted by molar-refractivity contribution is 0.402. The third-order valence-corrected chi connectivity index (χ3v) is 6.65. The van der Waals surface area contributed by atoms with Crippen LogP contribution in [0.2, 0.25) is 0 Å². The monoisotopic (exact) mass is 392 g/mol. The molecule has 0 spiro atoms. The summed E-state index contributed by atoms with van der Waals surface area (Å²) < 4.78 is 12.2. The van der Waals surface area contributed by atoms with Gasteiger partial charge >= 0.3 is 0 Å². The van der Waals surface area contributed by atoms with Crippen LogP contribution in [0, 0.1) is 0 Å². The van der Waals surface area contributed by atoms with Crippen molar-refractivity contribution in [3.8, 4) is 0 Å². The van der Waals surface area contributed by atoms with Crippen molar-refractivity contribution in [3.05, 3.63) is 35.4 Å². The fraction of sp³-hybridized carbons (Fsp3) is 0.667. The molecule has 152 valence electrons. The molecule has 5 nitrogen and oxygen atoms in total. The van der Waals surface area contributed by atoms with Crippen molar-refractivity contribution in [1.29, 1.82) is 0 Å². The first-order valence-electron chi connectivity index (χ1n) is 10.2. The van der Waals surface area contributed by atoms with Gasteiger partial charge in [0.15, 0.2) is 5.96 Å². The second-order valence-corrected chi connectivity index (χ2v) is 9.55. The molecule has 1 aromatic rings. The zero-order valence-electron chi connectivity index (χ0n) is 17.3. The van der Waals surface area contributed by atoms with Gasteiger partial charge in [-0.15, -0.1) is 0 Å². The second-order valence-electron chi connectivity index (χ2n) is 7.55. The molecule has 2 N–H and O–H groups in total. The topological polar surface area (TPSA) is 56.7 Å². The molecule has 1 aliphatic carbocycles. The highest BCUT2D eigenvalue weighted by Gasteiger charge is 2.25. The number of aliphatic imine (C=N–C) groups is 1. The lowest BCUT2D eigenvalue weighted by Crippen LogP contribution is -2.46.